The third kappa shape index (κ3) is 4.36. The molecule has 12 heteroatoms. The van der Waals surface area contributed by atoms with Crippen molar-refractivity contribution in [1.29, 1.82) is 0 Å². The lowest BCUT2D eigenvalue weighted by Gasteiger charge is -2.15. The Morgan fingerprint density at radius 1 is 1.27 bits per heavy atom. The predicted octanol–water partition coefficient (Wildman–Crippen LogP) is 1.67. The number of aromatic amines is 1. The number of carbonyl (C=O) groups is 2. The second-order valence-electron chi connectivity index (χ2n) is 4.13. The average Bonchev–Trinajstić information content (AvgIpc) is 2.81. The molecule has 6 nitrogen and oxygen atoms in total. The minimum atomic E-state index is -5.16. The van der Waals surface area contributed by atoms with Gasteiger partial charge < -0.3 is 10.4 Å². The van der Waals surface area contributed by atoms with Crippen LogP contribution in [0.3, 0.4) is 0 Å². The van der Waals surface area contributed by atoms with Crippen LogP contribution in [0.15, 0.2) is 6.20 Å². The van der Waals surface area contributed by atoms with Crippen molar-refractivity contribution in [2.75, 3.05) is 6.54 Å². The molecule has 22 heavy (non-hydrogen) atoms. The molecule has 0 aliphatic rings. The fraction of sp³-hybridized carbons (Fsp3) is 0.500. The molecule has 1 rings (SSSR count). The molecule has 0 fully saturated rings. The molecule has 0 aliphatic carbocycles. The molecule has 124 valence electrons. The maximum absolute atomic E-state index is 12.6. The minimum absolute atomic E-state index is 0.632. The van der Waals surface area contributed by atoms with Crippen LogP contribution in [0.2, 0.25) is 0 Å². The summed E-state index contributed by atoms with van der Waals surface area (Å²) in [4.78, 5) is 21.6. The van der Waals surface area contributed by atoms with E-state index in [0.29, 0.717) is 6.20 Å². The fourth-order valence-corrected chi connectivity index (χ4v) is 1.63. The van der Waals surface area contributed by atoms with Crippen molar-refractivity contribution in [3.05, 3.63) is 17.5 Å². The summed E-state index contributed by atoms with van der Waals surface area (Å²) >= 11 is 0. The van der Waals surface area contributed by atoms with Gasteiger partial charge in [0.05, 0.1) is 12.1 Å². The molecule has 0 bridgehead atoms. The molecule has 0 radical (unpaired) electrons. The monoisotopic (exact) mass is 333 g/mol. The molecule has 0 aromatic carbocycles. The highest BCUT2D eigenvalue weighted by Crippen LogP contribution is 2.34. The Bertz CT molecular complexity index is 551. The van der Waals surface area contributed by atoms with Crippen LogP contribution >= 0.6 is 0 Å². The van der Waals surface area contributed by atoms with Gasteiger partial charge in [-0.1, -0.05) is 0 Å². The van der Waals surface area contributed by atoms with Gasteiger partial charge in [-0.3, -0.25) is 14.7 Å². The van der Waals surface area contributed by atoms with Gasteiger partial charge in [0, 0.05) is 12.1 Å². The van der Waals surface area contributed by atoms with E-state index >= 15 is 0 Å². The highest BCUT2D eigenvalue weighted by molar-refractivity contribution is 5.81. The summed E-state index contributed by atoms with van der Waals surface area (Å²) in [5.41, 5.74) is -2.12. The number of aliphatic carboxylic acids is 1. The van der Waals surface area contributed by atoms with E-state index in [-0.39, 0.29) is 0 Å². The summed E-state index contributed by atoms with van der Waals surface area (Å²) < 4.78 is 73.7. The van der Waals surface area contributed by atoms with Crippen molar-refractivity contribution in [3.8, 4) is 0 Å². The smallest absolute Gasteiger partial charge is 0.471 e. The van der Waals surface area contributed by atoms with Gasteiger partial charge in [-0.15, -0.1) is 0 Å². The summed E-state index contributed by atoms with van der Waals surface area (Å²) in [6.45, 7) is -0.766. The number of aromatic nitrogens is 2. The number of halogens is 6. The highest BCUT2D eigenvalue weighted by atomic mass is 19.4. The second-order valence-corrected chi connectivity index (χ2v) is 4.13. The molecule has 1 heterocycles. The van der Waals surface area contributed by atoms with Gasteiger partial charge >= 0.3 is 24.2 Å². The van der Waals surface area contributed by atoms with Crippen LogP contribution in [0.5, 0.6) is 0 Å². The van der Waals surface area contributed by atoms with Crippen molar-refractivity contribution < 1.29 is 41.0 Å². The molecule has 1 amide bonds. The summed E-state index contributed by atoms with van der Waals surface area (Å²) in [5, 5.41) is 15.0. The Morgan fingerprint density at radius 3 is 2.32 bits per heavy atom. The van der Waals surface area contributed by atoms with E-state index in [1.54, 1.807) is 5.10 Å². The molecule has 0 saturated carbocycles. The first-order chi connectivity index (χ1) is 9.94. The predicted molar refractivity (Wildman–Crippen MR) is 57.6 cm³/mol. The van der Waals surface area contributed by atoms with E-state index in [4.69, 9.17) is 5.11 Å². The Balaban J connectivity index is 2.83. The van der Waals surface area contributed by atoms with E-state index in [1.807, 2.05) is 0 Å². The van der Waals surface area contributed by atoms with Gasteiger partial charge in [0.2, 0.25) is 0 Å². The van der Waals surface area contributed by atoms with E-state index in [1.165, 1.54) is 5.32 Å². The van der Waals surface area contributed by atoms with Gasteiger partial charge in [0.1, 0.15) is 5.69 Å². The number of nitrogens with one attached hydrogen (secondary N) is 2. The molecule has 0 aliphatic heterocycles. The Morgan fingerprint density at radius 2 is 1.86 bits per heavy atom. The standard InChI is InChI=1S/C10H9F6N3O3/c11-9(12,13)6-5(3-18-19-6)4(7(20)21)1-2-17-8(22)10(14,15)16/h3-4H,1-2H2,(H,17,22)(H,18,19)(H,20,21). The number of H-pyrrole nitrogens is 1. The number of hydrogen-bond donors (Lipinski definition) is 3. The maximum atomic E-state index is 12.6. The number of nitrogens with zero attached hydrogens (tertiary/aromatic N) is 1. The van der Waals surface area contributed by atoms with Gasteiger partial charge in [0.25, 0.3) is 0 Å². The number of rotatable bonds is 5. The van der Waals surface area contributed by atoms with Crippen molar-refractivity contribution in [1.82, 2.24) is 15.5 Å². The Labute approximate surface area is 118 Å². The summed E-state index contributed by atoms with van der Waals surface area (Å²) in [6, 6.07) is 0. The first-order valence-electron chi connectivity index (χ1n) is 5.63. The summed E-state index contributed by atoms with van der Waals surface area (Å²) in [5.74, 6) is -5.77. The van der Waals surface area contributed by atoms with Crippen molar-refractivity contribution in [2.24, 2.45) is 0 Å². The number of carboxylic acid groups (broad SMARTS) is 1. The topological polar surface area (TPSA) is 95.1 Å². The number of alkyl halides is 6. The highest BCUT2D eigenvalue weighted by Gasteiger charge is 2.40. The zero-order chi connectivity index (χ0) is 17.1. The zero-order valence-corrected chi connectivity index (χ0v) is 10.5. The van der Waals surface area contributed by atoms with Crippen molar-refractivity contribution in [3.63, 3.8) is 0 Å². The van der Waals surface area contributed by atoms with Crippen molar-refractivity contribution in [2.45, 2.75) is 24.7 Å². The lowest BCUT2D eigenvalue weighted by molar-refractivity contribution is -0.173. The lowest BCUT2D eigenvalue weighted by Crippen LogP contribution is -2.38. The largest absolute Gasteiger partial charge is 0.481 e. The molecular weight excluding hydrogens is 324 g/mol. The second kappa shape index (κ2) is 6.23. The summed E-state index contributed by atoms with van der Waals surface area (Å²) in [6.07, 6.45) is -10.1. The van der Waals surface area contributed by atoms with Crippen molar-refractivity contribution >= 4 is 11.9 Å². The zero-order valence-electron chi connectivity index (χ0n) is 10.5. The van der Waals surface area contributed by atoms with Crippen LogP contribution in [0.1, 0.15) is 23.6 Å². The first-order valence-corrected chi connectivity index (χ1v) is 5.63. The van der Waals surface area contributed by atoms with E-state index in [0.717, 1.165) is 0 Å². The van der Waals surface area contributed by atoms with E-state index in [9.17, 15) is 35.9 Å². The Hall–Kier alpha value is -2.27. The number of hydrogen-bond acceptors (Lipinski definition) is 3. The van der Waals surface area contributed by atoms with E-state index < -0.39 is 54.4 Å². The SMILES string of the molecule is O=C(O)C(CCNC(=O)C(F)(F)F)c1cn[nH]c1C(F)(F)F. The molecule has 3 N–H and O–H groups in total. The number of carboxylic acids is 1. The van der Waals surface area contributed by atoms with Crippen LogP contribution in [0, 0.1) is 0 Å². The van der Waals surface area contributed by atoms with Crippen LogP contribution < -0.4 is 5.32 Å². The van der Waals surface area contributed by atoms with Crippen LogP contribution in [-0.2, 0) is 15.8 Å². The molecule has 1 aromatic rings. The van der Waals surface area contributed by atoms with E-state index in [2.05, 4.69) is 5.10 Å². The van der Waals surface area contributed by atoms with Crippen LogP contribution in [-0.4, -0.2) is 39.9 Å². The first kappa shape index (κ1) is 17.8. The number of carbonyl (C=O) groups excluding carboxylic acids is 1. The lowest BCUT2D eigenvalue weighted by atomic mass is 9.96. The van der Waals surface area contributed by atoms with Gasteiger partial charge in [-0.2, -0.15) is 31.4 Å². The average molecular weight is 333 g/mol. The Kier molecular flexibility index (Phi) is 5.04. The third-order valence-corrected chi connectivity index (χ3v) is 2.60. The minimum Gasteiger partial charge on any atom is -0.481 e. The van der Waals surface area contributed by atoms with Gasteiger partial charge in [-0.05, 0) is 6.42 Å². The normalized spacial score (nSPS) is 13.7. The quantitative estimate of drug-likeness (QED) is 0.714. The maximum Gasteiger partial charge on any atom is 0.471 e. The third-order valence-electron chi connectivity index (χ3n) is 2.60. The molecule has 1 unspecified atom stereocenters. The molecule has 1 atom stereocenters. The molecular formula is C10H9F6N3O3. The van der Waals surface area contributed by atoms with Gasteiger partial charge in [-0.25, -0.2) is 0 Å². The fourth-order valence-electron chi connectivity index (χ4n) is 1.63. The number of amides is 1. The molecule has 0 saturated heterocycles. The van der Waals surface area contributed by atoms with Crippen LogP contribution in [0.4, 0.5) is 26.3 Å². The molecule has 0 spiro atoms. The van der Waals surface area contributed by atoms with Gasteiger partial charge in [0.15, 0.2) is 0 Å². The molecule has 1 aromatic heterocycles. The van der Waals surface area contributed by atoms with Crippen LogP contribution in [0.25, 0.3) is 0 Å². The summed E-state index contributed by atoms with van der Waals surface area (Å²) in [7, 11) is 0.